The van der Waals surface area contributed by atoms with Gasteiger partial charge in [0.25, 0.3) is 5.91 Å². The van der Waals surface area contributed by atoms with E-state index in [1.54, 1.807) is 23.2 Å². The molecule has 2 amide bonds. The monoisotopic (exact) mass is 402 g/mol. The van der Waals surface area contributed by atoms with Crippen LogP contribution in [0.5, 0.6) is 0 Å². The van der Waals surface area contributed by atoms with Crippen molar-refractivity contribution in [3.05, 3.63) is 83.9 Å². The molecule has 2 aromatic carbocycles. The third-order valence-electron chi connectivity index (χ3n) is 5.63. The van der Waals surface area contributed by atoms with Crippen LogP contribution in [0.1, 0.15) is 41.0 Å². The quantitative estimate of drug-likeness (QED) is 0.704. The van der Waals surface area contributed by atoms with Gasteiger partial charge >= 0.3 is 0 Å². The Morgan fingerprint density at radius 3 is 2.60 bits per heavy atom. The highest BCUT2D eigenvalue weighted by molar-refractivity contribution is 6.01. The van der Waals surface area contributed by atoms with Crippen LogP contribution in [0.4, 0.5) is 5.69 Å². The van der Waals surface area contributed by atoms with E-state index in [4.69, 9.17) is 0 Å². The molecule has 1 fully saturated rings. The number of benzene rings is 2. The van der Waals surface area contributed by atoms with E-state index in [1.807, 2.05) is 60.2 Å². The maximum absolute atomic E-state index is 13.2. The SMILES string of the molecule is Cc1nccn1Cc1ccccc1NC(=O)C1CCCCN1C(=O)c1ccccc1. The second kappa shape index (κ2) is 8.95. The molecule has 1 N–H and O–H groups in total. The van der Waals surface area contributed by atoms with Crippen molar-refractivity contribution < 1.29 is 9.59 Å². The topological polar surface area (TPSA) is 67.2 Å². The summed E-state index contributed by atoms with van der Waals surface area (Å²) >= 11 is 0. The van der Waals surface area contributed by atoms with Crippen molar-refractivity contribution in [3.8, 4) is 0 Å². The molecule has 6 nitrogen and oxygen atoms in total. The van der Waals surface area contributed by atoms with E-state index in [0.717, 1.165) is 29.9 Å². The Labute approximate surface area is 176 Å². The average molecular weight is 402 g/mol. The Hall–Kier alpha value is -3.41. The first-order valence-corrected chi connectivity index (χ1v) is 10.4. The van der Waals surface area contributed by atoms with Gasteiger partial charge in [0, 0.05) is 30.2 Å². The van der Waals surface area contributed by atoms with Crippen molar-refractivity contribution >= 4 is 17.5 Å². The van der Waals surface area contributed by atoms with E-state index in [0.29, 0.717) is 25.1 Å². The molecule has 0 saturated carbocycles. The van der Waals surface area contributed by atoms with Crippen molar-refractivity contribution in [3.63, 3.8) is 0 Å². The first kappa shape index (κ1) is 19.9. The number of nitrogens with zero attached hydrogens (tertiary/aromatic N) is 3. The third-order valence-corrected chi connectivity index (χ3v) is 5.63. The second-order valence-corrected chi connectivity index (χ2v) is 7.62. The minimum Gasteiger partial charge on any atom is -0.331 e. The van der Waals surface area contributed by atoms with Gasteiger partial charge in [-0.2, -0.15) is 0 Å². The van der Waals surface area contributed by atoms with Crippen molar-refractivity contribution in [1.82, 2.24) is 14.5 Å². The maximum atomic E-state index is 13.2. The highest BCUT2D eigenvalue weighted by Crippen LogP contribution is 2.23. The van der Waals surface area contributed by atoms with Crippen LogP contribution in [-0.2, 0) is 11.3 Å². The first-order valence-electron chi connectivity index (χ1n) is 10.4. The number of hydrogen-bond donors (Lipinski definition) is 1. The van der Waals surface area contributed by atoms with Crippen LogP contribution in [0.2, 0.25) is 0 Å². The number of aromatic nitrogens is 2. The Bertz CT molecular complexity index is 1030. The van der Waals surface area contributed by atoms with Crippen molar-refractivity contribution in [2.24, 2.45) is 0 Å². The van der Waals surface area contributed by atoms with Crippen LogP contribution >= 0.6 is 0 Å². The number of carbonyl (C=O) groups is 2. The maximum Gasteiger partial charge on any atom is 0.254 e. The highest BCUT2D eigenvalue weighted by atomic mass is 16.2. The van der Waals surface area contributed by atoms with E-state index < -0.39 is 6.04 Å². The fourth-order valence-corrected chi connectivity index (χ4v) is 3.94. The van der Waals surface area contributed by atoms with Gasteiger partial charge in [-0.1, -0.05) is 36.4 Å². The lowest BCUT2D eigenvalue weighted by Gasteiger charge is -2.35. The fraction of sp³-hybridized carbons (Fsp3) is 0.292. The van der Waals surface area contributed by atoms with E-state index in [1.165, 1.54) is 0 Å². The number of hydrogen-bond acceptors (Lipinski definition) is 3. The molecule has 6 heteroatoms. The average Bonchev–Trinajstić information content (AvgIpc) is 3.19. The van der Waals surface area contributed by atoms with Crippen LogP contribution in [0, 0.1) is 6.92 Å². The summed E-state index contributed by atoms with van der Waals surface area (Å²) < 4.78 is 2.04. The van der Waals surface area contributed by atoms with Gasteiger partial charge in [-0.25, -0.2) is 4.98 Å². The molecule has 0 spiro atoms. The number of piperidine rings is 1. The summed E-state index contributed by atoms with van der Waals surface area (Å²) in [5.41, 5.74) is 2.39. The number of nitrogens with one attached hydrogen (secondary N) is 1. The Kier molecular flexibility index (Phi) is 5.93. The normalized spacial score (nSPS) is 16.3. The standard InChI is InChI=1S/C24H26N4O2/c1-18-25-14-16-27(18)17-20-11-5-6-12-21(20)26-23(29)22-13-7-8-15-28(22)24(30)19-9-3-2-4-10-19/h2-6,9-12,14,16,22H,7-8,13,15,17H2,1H3,(H,26,29). The van der Waals surface area contributed by atoms with Gasteiger partial charge in [0.2, 0.25) is 5.91 Å². The summed E-state index contributed by atoms with van der Waals surface area (Å²) in [6.45, 7) is 3.18. The summed E-state index contributed by atoms with van der Waals surface area (Å²) in [7, 11) is 0. The van der Waals surface area contributed by atoms with Gasteiger partial charge in [-0.05, 0) is 49.9 Å². The Morgan fingerprint density at radius 2 is 1.83 bits per heavy atom. The van der Waals surface area contributed by atoms with Gasteiger partial charge in [0.05, 0.1) is 6.54 Å². The zero-order valence-electron chi connectivity index (χ0n) is 17.1. The van der Waals surface area contributed by atoms with E-state index in [-0.39, 0.29) is 11.8 Å². The highest BCUT2D eigenvalue weighted by Gasteiger charge is 2.32. The molecule has 1 unspecified atom stereocenters. The number of anilines is 1. The van der Waals surface area contributed by atoms with Crippen LogP contribution in [0.15, 0.2) is 67.0 Å². The molecule has 4 rings (SSSR count). The molecule has 1 aliphatic heterocycles. The predicted octanol–water partition coefficient (Wildman–Crippen LogP) is 3.87. The van der Waals surface area contributed by atoms with E-state index in [2.05, 4.69) is 10.3 Å². The minimum atomic E-state index is -0.463. The lowest BCUT2D eigenvalue weighted by molar-refractivity contribution is -0.121. The predicted molar refractivity (Wildman–Crippen MR) is 116 cm³/mol. The molecule has 2 heterocycles. The number of likely N-dealkylation sites (tertiary alicyclic amines) is 1. The molecule has 1 aliphatic rings. The summed E-state index contributed by atoms with van der Waals surface area (Å²) in [6.07, 6.45) is 6.22. The zero-order valence-corrected chi connectivity index (χ0v) is 17.1. The summed E-state index contributed by atoms with van der Waals surface area (Å²) in [5.74, 6) is 0.703. The van der Waals surface area contributed by atoms with Gasteiger partial charge in [0.1, 0.15) is 11.9 Å². The van der Waals surface area contributed by atoms with E-state index in [9.17, 15) is 9.59 Å². The van der Waals surface area contributed by atoms with Gasteiger partial charge in [-0.15, -0.1) is 0 Å². The number of para-hydroxylation sites is 1. The van der Waals surface area contributed by atoms with Gasteiger partial charge in [0.15, 0.2) is 0 Å². The lowest BCUT2D eigenvalue weighted by Crippen LogP contribution is -2.50. The van der Waals surface area contributed by atoms with Crippen molar-refractivity contribution in [2.75, 3.05) is 11.9 Å². The number of imidazole rings is 1. The molecule has 0 bridgehead atoms. The molecular formula is C24H26N4O2. The summed E-state index contributed by atoms with van der Waals surface area (Å²) in [4.78, 5) is 32.2. The van der Waals surface area contributed by atoms with Gasteiger partial charge in [-0.3, -0.25) is 9.59 Å². The molecule has 1 saturated heterocycles. The zero-order chi connectivity index (χ0) is 20.9. The summed E-state index contributed by atoms with van der Waals surface area (Å²) in [6, 6.07) is 16.5. The van der Waals surface area contributed by atoms with Crippen molar-refractivity contribution in [1.29, 1.82) is 0 Å². The lowest BCUT2D eigenvalue weighted by atomic mass is 9.99. The molecule has 1 atom stereocenters. The molecule has 1 aromatic heterocycles. The van der Waals surface area contributed by atoms with Crippen molar-refractivity contribution in [2.45, 2.75) is 38.8 Å². The Balaban J connectivity index is 1.53. The molecular weight excluding hydrogens is 376 g/mol. The number of amides is 2. The number of rotatable bonds is 5. The van der Waals surface area contributed by atoms with Crippen LogP contribution in [0.3, 0.4) is 0 Å². The molecule has 3 aromatic rings. The smallest absolute Gasteiger partial charge is 0.254 e. The fourth-order valence-electron chi connectivity index (χ4n) is 3.94. The van der Waals surface area contributed by atoms with Crippen LogP contribution in [-0.4, -0.2) is 38.9 Å². The molecule has 30 heavy (non-hydrogen) atoms. The van der Waals surface area contributed by atoms with E-state index >= 15 is 0 Å². The third kappa shape index (κ3) is 4.27. The molecule has 154 valence electrons. The molecule has 0 aliphatic carbocycles. The summed E-state index contributed by atoms with van der Waals surface area (Å²) in [5, 5.41) is 3.08. The van der Waals surface area contributed by atoms with Crippen LogP contribution in [0.25, 0.3) is 0 Å². The largest absolute Gasteiger partial charge is 0.331 e. The molecule has 0 radical (unpaired) electrons. The second-order valence-electron chi connectivity index (χ2n) is 7.62. The van der Waals surface area contributed by atoms with Gasteiger partial charge < -0.3 is 14.8 Å². The number of aryl methyl sites for hydroxylation is 1. The number of carbonyl (C=O) groups excluding carboxylic acids is 2. The Morgan fingerprint density at radius 1 is 1.07 bits per heavy atom. The van der Waals surface area contributed by atoms with Crippen LogP contribution < -0.4 is 5.32 Å². The first-order chi connectivity index (χ1) is 14.6. The minimum absolute atomic E-state index is 0.0854.